The van der Waals surface area contributed by atoms with Gasteiger partial charge in [0.1, 0.15) is 5.82 Å². The van der Waals surface area contributed by atoms with Gasteiger partial charge in [-0.05, 0) is 18.1 Å². The Balaban J connectivity index is 1.72. The fourth-order valence-corrected chi connectivity index (χ4v) is 3.21. The van der Waals surface area contributed by atoms with Crippen molar-refractivity contribution in [3.05, 3.63) is 29.6 Å². The number of carbonyl (C=O) groups is 1. The zero-order valence-electron chi connectivity index (χ0n) is 13.5. The number of ether oxygens (including phenoxy) is 1. The lowest BCUT2D eigenvalue weighted by molar-refractivity contribution is 0.0752. The normalized spacial score (nSPS) is 23.0. The molecule has 2 aromatic heterocycles. The van der Waals surface area contributed by atoms with Gasteiger partial charge < -0.3 is 21.1 Å². The number of fused-ring (bicyclic) bond motifs is 1. The van der Waals surface area contributed by atoms with E-state index in [-0.39, 0.29) is 18.0 Å². The molecule has 0 saturated carbocycles. The Hall–Kier alpha value is -2.45. The molecule has 2 aliphatic heterocycles. The van der Waals surface area contributed by atoms with Gasteiger partial charge in [-0.3, -0.25) is 9.48 Å². The average molecular weight is 328 g/mol. The van der Waals surface area contributed by atoms with E-state index in [9.17, 15) is 4.79 Å². The minimum atomic E-state index is -0.0920. The molecule has 0 aliphatic carbocycles. The Morgan fingerprint density at radius 3 is 3.12 bits per heavy atom. The van der Waals surface area contributed by atoms with Crippen molar-refractivity contribution in [3.8, 4) is 11.3 Å². The van der Waals surface area contributed by atoms with Gasteiger partial charge in [-0.15, -0.1) is 0 Å². The topological polar surface area (TPSA) is 107 Å². The van der Waals surface area contributed by atoms with Gasteiger partial charge in [0.15, 0.2) is 0 Å². The van der Waals surface area contributed by atoms with Crippen LogP contribution < -0.4 is 16.4 Å². The van der Waals surface area contributed by atoms with Crippen molar-refractivity contribution in [2.75, 3.05) is 18.5 Å². The zero-order valence-corrected chi connectivity index (χ0v) is 13.5. The molecule has 126 valence electrons. The first kappa shape index (κ1) is 15.1. The summed E-state index contributed by atoms with van der Waals surface area (Å²) in [5.41, 5.74) is 9.17. The van der Waals surface area contributed by atoms with Crippen LogP contribution in [0.25, 0.3) is 11.3 Å². The van der Waals surface area contributed by atoms with E-state index < -0.39 is 0 Å². The van der Waals surface area contributed by atoms with Gasteiger partial charge in [-0.25, -0.2) is 4.98 Å². The summed E-state index contributed by atoms with van der Waals surface area (Å²) in [5.74, 6) is 0.636. The number of rotatable bonds is 3. The third kappa shape index (κ3) is 2.63. The largest absolute Gasteiger partial charge is 0.380 e. The highest BCUT2D eigenvalue weighted by Gasteiger charge is 2.28. The van der Waals surface area contributed by atoms with E-state index in [4.69, 9.17) is 10.5 Å². The summed E-state index contributed by atoms with van der Waals surface area (Å²) in [5, 5.41) is 10.5. The van der Waals surface area contributed by atoms with Crippen molar-refractivity contribution < 1.29 is 9.53 Å². The molecule has 8 heteroatoms. The highest BCUT2D eigenvalue weighted by molar-refractivity contribution is 6.04. The Kier molecular flexibility index (Phi) is 3.70. The monoisotopic (exact) mass is 328 g/mol. The molecule has 24 heavy (non-hydrogen) atoms. The van der Waals surface area contributed by atoms with Crippen LogP contribution in [-0.4, -0.2) is 46.0 Å². The number of hydrogen-bond acceptors (Lipinski definition) is 6. The molecule has 0 spiro atoms. The maximum atomic E-state index is 12.2. The summed E-state index contributed by atoms with van der Waals surface area (Å²) in [6.45, 7) is 1.74. The molecule has 0 unspecified atom stereocenters. The highest BCUT2D eigenvalue weighted by atomic mass is 16.5. The second-order valence-corrected chi connectivity index (χ2v) is 6.25. The molecule has 4 heterocycles. The maximum Gasteiger partial charge on any atom is 0.254 e. The first-order chi connectivity index (χ1) is 11.6. The lowest BCUT2D eigenvalue weighted by Crippen LogP contribution is -2.47. The van der Waals surface area contributed by atoms with E-state index in [0.29, 0.717) is 31.0 Å². The summed E-state index contributed by atoms with van der Waals surface area (Å²) in [6, 6.07) is 1.96. The molecule has 4 N–H and O–H groups in total. The van der Waals surface area contributed by atoms with Crippen LogP contribution in [0, 0.1) is 0 Å². The molecular weight excluding hydrogens is 308 g/mol. The first-order valence-corrected chi connectivity index (χ1v) is 8.03. The van der Waals surface area contributed by atoms with Crippen LogP contribution in [0.4, 0.5) is 5.82 Å². The zero-order chi connectivity index (χ0) is 16.7. The lowest BCUT2D eigenvalue weighted by atomic mass is 10.0. The first-order valence-electron chi connectivity index (χ1n) is 8.03. The highest BCUT2D eigenvalue weighted by Crippen LogP contribution is 2.30. The number of hydrogen-bond donors (Lipinski definition) is 3. The second-order valence-electron chi connectivity index (χ2n) is 6.25. The fourth-order valence-electron chi connectivity index (χ4n) is 3.21. The number of amides is 1. The van der Waals surface area contributed by atoms with E-state index in [1.165, 1.54) is 0 Å². The molecule has 1 fully saturated rings. The molecule has 2 atom stereocenters. The molecule has 1 saturated heterocycles. The van der Waals surface area contributed by atoms with E-state index in [0.717, 1.165) is 23.4 Å². The molecule has 4 rings (SSSR count). The van der Waals surface area contributed by atoms with Crippen molar-refractivity contribution in [1.29, 1.82) is 0 Å². The van der Waals surface area contributed by atoms with E-state index >= 15 is 0 Å². The Labute approximate surface area is 139 Å². The molecule has 8 nitrogen and oxygen atoms in total. The SMILES string of the molecule is Cn1cc(-c2nc(N[C@@H]3CCOC[C@@H]3N)cc3c2C(=O)NC3)cn1. The van der Waals surface area contributed by atoms with E-state index in [2.05, 4.69) is 20.7 Å². The fraction of sp³-hybridized carbons (Fsp3) is 0.438. The summed E-state index contributed by atoms with van der Waals surface area (Å²) < 4.78 is 7.08. The van der Waals surface area contributed by atoms with Crippen molar-refractivity contribution in [3.63, 3.8) is 0 Å². The molecule has 2 aliphatic rings. The van der Waals surface area contributed by atoms with Crippen LogP contribution in [0.3, 0.4) is 0 Å². The molecule has 0 aromatic carbocycles. The molecular formula is C16H20N6O2. The van der Waals surface area contributed by atoms with Crippen molar-refractivity contribution in [2.45, 2.75) is 25.0 Å². The molecule has 2 aromatic rings. The number of aryl methyl sites for hydroxylation is 1. The minimum absolute atomic E-state index is 0.0737. The minimum Gasteiger partial charge on any atom is -0.380 e. The van der Waals surface area contributed by atoms with Crippen LogP contribution in [0.2, 0.25) is 0 Å². The molecule has 0 bridgehead atoms. The van der Waals surface area contributed by atoms with Gasteiger partial charge in [0.05, 0.1) is 24.1 Å². The van der Waals surface area contributed by atoms with Gasteiger partial charge in [0.25, 0.3) is 5.91 Å². The Bertz CT molecular complexity index is 787. The number of pyridine rings is 1. The van der Waals surface area contributed by atoms with Gasteiger partial charge in [0, 0.05) is 44.0 Å². The molecule has 0 radical (unpaired) electrons. The molecule has 1 amide bonds. The Morgan fingerprint density at radius 1 is 1.50 bits per heavy atom. The predicted molar refractivity (Wildman–Crippen MR) is 88.4 cm³/mol. The third-order valence-corrected chi connectivity index (χ3v) is 4.48. The number of nitrogens with one attached hydrogen (secondary N) is 2. The van der Waals surface area contributed by atoms with Crippen LogP contribution in [0.1, 0.15) is 22.3 Å². The van der Waals surface area contributed by atoms with Crippen LogP contribution in [-0.2, 0) is 18.3 Å². The number of nitrogens with zero attached hydrogens (tertiary/aromatic N) is 3. The van der Waals surface area contributed by atoms with Gasteiger partial charge in [-0.1, -0.05) is 0 Å². The summed E-state index contributed by atoms with van der Waals surface area (Å²) >= 11 is 0. The van der Waals surface area contributed by atoms with Crippen LogP contribution in [0.15, 0.2) is 18.5 Å². The lowest BCUT2D eigenvalue weighted by Gasteiger charge is -2.30. The third-order valence-electron chi connectivity index (χ3n) is 4.48. The predicted octanol–water partition coefficient (Wildman–Crippen LogP) is 0.254. The van der Waals surface area contributed by atoms with Crippen LogP contribution >= 0.6 is 0 Å². The van der Waals surface area contributed by atoms with E-state index in [1.807, 2.05) is 19.3 Å². The number of nitrogens with two attached hydrogens (primary N) is 1. The van der Waals surface area contributed by atoms with Gasteiger partial charge in [-0.2, -0.15) is 5.10 Å². The quantitative estimate of drug-likeness (QED) is 0.746. The average Bonchev–Trinajstić information content (AvgIpc) is 3.16. The number of aromatic nitrogens is 3. The van der Waals surface area contributed by atoms with E-state index in [1.54, 1.807) is 10.9 Å². The summed E-state index contributed by atoms with van der Waals surface area (Å²) in [7, 11) is 1.84. The van der Waals surface area contributed by atoms with Crippen LogP contribution in [0.5, 0.6) is 0 Å². The summed E-state index contributed by atoms with van der Waals surface area (Å²) in [4.78, 5) is 16.9. The van der Waals surface area contributed by atoms with Crippen molar-refractivity contribution in [1.82, 2.24) is 20.1 Å². The standard InChI is InChI=1S/C16H20N6O2/c1-22-7-10(6-19-22)15-14-9(5-18-16(14)23)4-13(21-15)20-12-2-3-24-8-11(12)17/h4,6-7,11-12H,2-3,5,8,17H2,1H3,(H,18,23)(H,20,21)/t11-,12+/m0/s1. The van der Waals surface area contributed by atoms with Crippen molar-refractivity contribution in [2.24, 2.45) is 12.8 Å². The number of anilines is 1. The van der Waals surface area contributed by atoms with Gasteiger partial charge >= 0.3 is 0 Å². The smallest absolute Gasteiger partial charge is 0.254 e. The Morgan fingerprint density at radius 2 is 2.38 bits per heavy atom. The van der Waals surface area contributed by atoms with Crippen molar-refractivity contribution >= 4 is 11.7 Å². The summed E-state index contributed by atoms with van der Waals surface area (Å²) in [6.07, 6.45) is 4.41. The van der Waals surface area contributed by atoms with Gasteiger partial charge in [0.2, 0.25) is 0 Å². The second kappa shape index (κ2) is 5.88. The maximum absolute atomic E-state index is 12.2. The number of carbonyl (C=O) groups excluding carboxylic acids is 1.